The first kappa shape index (κ1) is 13.7. The fraction of sp³-hybridized carbons (Fsp3) is 0.500. The lowest BCUT2D eigenvalue weighted by molar-refractivity contribution is -0.122. The van der Waals surface area contributed by atoms with Gasteiger partial charge in [-0.3, -0.25) is 4.79 Å². The van der Waals surface area contributed by atoms with Crippen molar-refractivity contribution < 1.29 is 13.9 Å². The average Bonchev–Trinajstić information content (AvgIpc) is 2.28. The summed E-state index contributed by atoms with van der Waals surface area (Å²) in [5.74, 6) is 0.239. The number of hydrogen-bond acceptors (Lipinski definition) is 2. The van der Waals surface area contributed by atoms with E-state index in [1.54, 1.807) is 12.1 Å². The first-order valence-electron chi connectivity index (χ1n) is 5.80. The van der Waals surface area contributed by atoms with Crippen molar-refractivity contribution in [2.75, 3.05) is 7.11 Å². The normalized spacial score (nSPS) is 12.6. The molecule has 0 aliphatic carbocycles. The molecule has 1 atom stereocenters. The smallest absolute Gasteiger partial charge is 0.165 e. The van der Waals surface area contributed by atoms with Crippen molar-refractivity contribution in [2.24, 2.45) is 11.8 Å². The molecular formula is C14H19FO2. The Bertz CT molecular complexity index is 399. The molecule has 0 N–H and O–H groups in total. The van der Waals surface area contributed by atoms with Gasteiger partial charge in [0.25, 0.3) is 0 Å². The van der Waals surface area contributed by atoms with Gasteiger partial charge in [0.2, 0.25) is 0 Å². The van der Waals surface area contributed by atoms with E-state index in [-0.39, 0.29) is 23.9 Å². The minimum atomic E-state index is -0.421. The standard InChI is InChI=1S/C14H19FO2/c1-9(2)10(3)13(16)8-11-5-6-14(17-4)12(15)7-11/h5-7,9-10H,8H2,1-4H3. The number of methoxy groups -OCH3 is 1. The summed E-state index contributed by atoms with van der Waals surface area (Å²) in [7, 11) is 1.42. The number of halogens is 1. The highest BCUT2D eigenvalue weighted by atomic mass is 19.1. The Morgan fingerprint density at radius 2 is 2.00 bits per heavy atom. The van der Waals surface area contributed by atoms with Crippen LogP contribution in [0.5, 0.6) is 5.75 Å². The van der Waals surface area contributed by atoms with E-state index in [1.165, 1.54) is 13.2 Å². The molecule has 0 heterocycles. The molecule has 0 aromatic heterocycles. The number of benzene rings is 1. The van der Waals surface area contributed by atoms with Gasteiger partial charge in [0.05, 0.1) is 7.11 Å². The van der Waals surface area contributed by atoms with Crippen molar-refractivity contribution in [3.05, 3.63) is 29.6 Å². The molecule has 1 rings (SSSR count). The molecule has 2 nitrogen and oxygen atoms in total. The summed E-state index contributed by atoms with van der Waals surface area (Å²) in [5.41, 5.74) is 0.695. The van der Waals surface area contributed by atoms with Crippen LogP contribution in [0.3, 0.4) is 0 Å². The minimum absolute atomic E-state index is 0.000151. The van der Waals surface area contributed by atoms with Crippen molar-refractivity contribution in [3.8, 4) is 5.75 Å². The summed E-state index contributed by atoms with van der Waals surface area (Å²) in [4.78, 5) is 11.9. The lowest BCUT2D eigenvalue weighted by atomic mass is 9.90. The molecule has 1 aromatic rings. The fourth-order valence-corrected chi connectivity index (χ4v) is 1.55. The van der Waals surface area contributed by atoms with E-state index in [0.29, 0.717) is 11.5 Å². The Labute approximate surface area is 102 Å². The lowest BCUT2D eigenvalue weighted by Gasteiger charge is -2.14. The summed E-state index contributed by atoms with van der Waals surface area (Å²) >= 11 is 0. The summed E-state index contributed by atoms with van der Waals surface area (Å²) in [6.07, 6.45) is 0.278. The molecule has 0 radical (unpaired) electrons. The van der Waals surface area contributed by atoms with Gasteiger partial charge >= 0.3 is 0 Å². The molecule has 17 heavy (non-hydrogen) atoms. The Kier molecular flexibility index (Phi) is 4.67. The van der Waals surface area contributed by atoms with Gasteiger partial charge in [-0.2, -0.15) is 0 Å². The van der Waals surface area contributed by atoms with Gasteiger partial charge in [0.15, 0.2) is 11.6 Å². The molecule has 0 bridgehead atoms. The summed E-state index contributed by atoms with van der Waals surface area (Å²) in [6, 6.07) is 4.65. The fourth-order valence-electron chi connectivity index (χ4n) is 1.55. The highest BCUT2D eigenvalue weighted by Crippen LogP contribution is 2.20. The third kappa shape index (κ3) is 3.55. The van der Waals surface area contributed by atoms with Crippen LogP contribution in [0.25, 0.3) is 0 Å². The van der Waals surface area contributed by atoms with E-state index in [4.69, 9.17) is 4.74 Å². The van der Waals surface area contributed by atoms with Gasteiger partial charge in [-0.15, -0.1) is 0 Å². The zero-order valence-corrected chi connectivity index (χ0v) is 10.8. The molecule has 0 aliphatic rings. The number of carbonyl (C=O) groups is 1. The molecule has 3 heteroatoms. The van der Waals surface area contributed by atoms with Gasteiger partial charge in [-0.25, -0.2) is 4.39 Å². The maximum atomic E-state index is 13.4. The summed E-state index contributed by atoms with van der Waals surface area (Å²) in [5, 5.41) is 0. The first-order valence-corrected chi connectivity index (χ1v) is 5.80. The molecule has 1 unspecified atom stereocenters. The van der Waals surface area contributed by atoms with Gasteiger partial charge in [-0.05, 0) is 23.6 Å². The van der Waals surface area contributed by atoms with Crippen LogP contribution in [0.2, 0.25) is 0 Å². The van der Waals surface area contributed by atoms with Crippen LogP contribution < -0.4 is 4.74 Å². The topological polar surface area (TPSA) is 26.3 Å². The van der Waals surface area contributed by atoms with Crippen molar-refractivity contribution >= 4 is 5.78 Å². The van der Waals surface area contributed by atoms with Gasteiger partial charge in [-0.1, -0.05) is 26.8 Å². The molecule has 0 saturated heterocycles. The van der Waals surface area contributed by atoms with Crippen LogP contribution >= 0.6 is 0 Å². The predicted octanol–water partition coefficient (Wildman–Crippen LogP) is 3.24. The Morgan fingerprint density at radius 3 is 2.47 bits per heavy atom. The molecular weight excluding hydrogens is 219 g/mol. The molecule has 0 fully saturated rings. The summed E-state index contributed by atoms with van der Waals surface area (Å²) < 4.78 is 18.3. The Balaban J connectivity index is 2.76. The molecule has 0 amide bonds. The van der Waals surface area contributed by atoms with Crippen LogP contribution in [-0.4, -0.2) is 12.9 Å². The molecule has 1 aromatic carbocycles. The molecule has 94 valence electrons. The number of carbonyl (C=O) groups excluding carboxylic acids is 1. The van der Waals surface area contributed by atoms with Crippen LogP contribution in [0.4, 0.5) is 4.39 Å². The number of rotatable bonds is 5. The van der Waals surface area contributed by atoms with Gasteiger partial charge in [0.1, 0.15) is 5.78 Å². The van der Waals surface area contributed by atoms with Crippen molar-refractivity contribution in [2.45, 2.75) is 27.2 Å². The Morgan fingerprint density at radius 1 is 1.35 bits per heavy atom. The van der Waals surface area contributed by atoms with Crippen LogP contribution in [0, 0.1) is 17.7 Å². The monoisotopic (exact) mass is 238 g/mol. The molecule has 0 saturated carbocycles. The summed E-state index contributed by atoms with van der Waals surface area (Å²) in [6.45, 7) is 5.93. The van der Waals surface area contributed by atoms with E-state index in [9.17, 15) is 9.18 Å². The number of ether oxygens (including phenoxy) is 1. The van der Waals surface area contributed by atoms with Crippen molar-refractivity contribution in [1.82, 2.24) is 0 Å². The van der Waals surface area contributed by atoms with Crippen LogP contribution in [0.1, 0.15) is 26.3 Å². The van der Waals surface area contributed by atoms with Crippen molar-refractivity contribution in [1.29, 1.82) is 0 Å². The number of ketones is 1. The van der Waals surface area contributed by atoms with Crippen molar-refractivity contribution in [3.63, 3.8) is 0 Å². The zero-order valence-electron chi connectivity index (χ0n) is 10.8. The maximum absolute atomic E-state index is 13.4. The van der Waals surface area contributed by atoms with Crippen LogP contribution in [0.15, 0.2) is 18.2 Å². The second kappa shape index (κ2) is 5.80. The second-order valence-corrected chi connectivity index (χ2v) is 4.64. The third-order valence-corrected chi connectivity index (χ3v) is 3.10. The van der Waals surface area contributed by atoms with E-state index >= 15 is 0 Å². The first-order chi connectivity index (χ1) is 7.95. The molecule has 0 spiro atoms. The predicted molar refractivity (Wildman–Crippen MR) is 65.7 cm³/mol. The average molecular weight is 238 g/mol. The maximum Gasteiger partial charge on any atom is 0.165 e. The van der Waals surface area contributed by atoms with Crippen LogP contribution in [-0.2, 0) is 11.2 Å². The molecule has 0 aliphatic heterocycles. The SMILES string of the molecule is COc1ccc(CC(=O)C(C)C(C)C)cc1F. The highest BCUT2D eigenvalue weighted by Gasteiger charge is 2.17. The van der Waals surface area contributed by atoms with E-state index in [0.717, 1.165) is 0 Å². The largest absolute Gasteiger partial charge is 0.494 e. The van der Waals surface area contributed by atoms with E-state index in [1.807, 2.05) is 20.8 Å². The second-order valence-electron chi connectivity index (χ2n) is 4.64. The van der Waals surface area contributed by atoms with E-state index in [2.05, 4.69) is 0 Å². The third-order valence-electron chi connectivity index (χ3n) is 3.10. The number of hydrogen-bond donors (Lipinski definition) is 0. The quantitative estimate of drug-likeness (QED) is 0.787. The zero-order chi connectivity index (χ0) is 13.0. The highest BCUT2D eigenvalue weighted by molar-refractivity contribution is 5.83. The minimum Gasteiger partial charge on any atom is -0.494 e. The Hall–Kier alpha value is -1.38. The van der Waals surface area contributed by atoms with Gasteiger partial charge < -0.3 is 4.74 Å². The number of Topliss-reactive ketones (excluding diaryl/α,β-unsaturated/α-hetero) is 1. The van der Waals surface area contributed by atoms with Gasteiger partial charge in [0, 0.05) is 12.3 Å². The van der Waals surface area contributed by atoms with E-state index < -0.39 is 5.82 Å². The lowest BCUT2D eigenvalue weighted by Crippen LogP contribution is -2.18.